The molecule has 0 aromatic rings. The van der Waals surface area contributed by atoms with E-state index in [0.717, 1.165) is 0 Å². The minimum Gasteiger partial charge on any atom is -0.461 e. The summed E-state index contributed by atoms with van der Waals surface area (Å²) in [5, 5.41) is 0. The predicted molar refractivity (Wildman–Crippen MR) is 43.1 cm³/mol. The van der Waals surface area contributed by atoms with Crippen molar-refractivity contribution in [1.82, 2.24) is 0 Å². The molecule has 2 atom stereocenters. The van der Waals surface area contributed by atoms with Crippen LogP contribution in [0, 0.1) is 11.3 Å². The van der Waals surface area contributed by atoms with Crippen LogP contribution < -0.4 is 0 Å². The highest BCUT2D eigenvalue weighted by Gasteiger charge is 2.39. The molecular formula is C9H16O2. The van der Waals surface area contributed by atoms with Crippen molar-refractivity contribution < 1.29 is 9.53 Å². The fourth-order valence-electron chi connectivity index (χ4n) is 1.71. The van der Waals surface area contributed by atoms with Crippen LogP contribution in [0.25, 0.3) is 0 Å². The maximum absolute atomic E-state index is 10.9. The summed E-state index contributed by atoms with van der Waals surface area (Å²) >= 11 is 0. The number of cyclic esters (lactones) is 1. The third kappa shape index (κ3) is 1.73. The number of carbonyl (C=O) groups is 1. The summed E-state index contributed by atoms with van der Waals surface area (Å²) in [6.45, 7) is 8.38. The van der Waals surface area contributed by atoms with E-state index in [1.165, 1.54) is 0 Å². The maximum atomic E-state index is 10.9. The second kappa shape index (κ2) is 2.50. The molecule has 11 heavy (non-hydrogen) atoms. The fourth-order valence-corrected chi connectivity index (χ4v) is 1.71. The van der Waals surface area contributed by atoms with E-state index in [1.54, 1.807) is 0 Å². The number of hydrogen-bond donors (Lipinski definition) is 0. The molecule has 1 heterocycles. The van der Waals surface area contributed by atoms with E-state index in [2.05, 4.69) is 27.7 Å². The molecule has 1 fully saturated rings. The Labute approximate surface area is 67.9 Å². The zero-order chi connectivity index (χ0) is 8.65. The Balaban J connectivity index is 2.67. The molecule has 0 aromatic heterocycles. The molecule has 0 spiro atoms. The number of hydrogen-bond acceptors (Lipinski definition) is 2. The lowest BCUT2D eigenvalue weighted by molar-refractivity contribution is -0.145. The van der Waals surface area contributed by atoms with Gasteiger partial charge in [-0.05, 0) is 5.41 Å². The zero-order valence-corrected chi connectivity index (χ0v) is 7.68. The Kier molecular flexibility index (Phi) is 1.95. The first-order valence-corrected chi connectivity index (χ1v) is 4.11. The van der Waals surface area contributed by atoms with Crippen molar-refractivity contribution >= 4 is 5.97 Å². The molecule has 1 aliphatic rings. The third-order valence-corrected chi connectivity index (χ3v) is 2.12. The topological polar surface area (TPSA) is 26.3 Å². The van der Waals surface area contributed by atoms with Gasteiger partial charge in [0.2, 0.25) is 0 Å². The van der Waals surface area contributed by atoms with Gasteiger partial charge in [0.15, 0.2) is 0 Å². The van der Waals surface area contributed by atoms with Gasteiger partial charge in [-0.1, -0.05) is 27.7 Å². The number of carbonyl (C=O) groups excluding carboxylic acids is 1. The quantitative estimate of drug-likeness (QED) is 0.501. The lowest BCUT2D eigenvalue weighted by atomic mass is 9.82. The lowest BCUT2D eigenvalue weighted by Crippen LogP contribution is -2.30. The van der Waals surface area contributed by atoms with Gasteiger partial charge in [0.05, 0.1) is 6.42 Å². The Morgan fingerprint density at radius 2 is 2.00 bits per heavy atom. The number of esters is 1. The molecule has 1 aliphatic heterocycles. The van der Waals surface area contributed by atoms with Crippen LogP contribution in [0.1, 0.15) is 34.1 Å². The lowest BCUT2D eigenvalue weighted by Gasteiger charge is -2.28. The minimum absolute atomic E-state index is 0.0441. The largest absolute Gasteiger partial charge is 0.461 e. The van der Waals surface area contributed by atoms with E-state index in [9.17, 15) is 4.79 Å². The first-order chi connectivity index (χ1) is 4.91. The van der Waals surface area contributed by atoms with Gasteiger partial charge in [-0.15, -0.1) is 0 Å². The van der Waals surface area contributed by atoms with E-state index in [4.69, 9.17) is 4.74 Å². The van der Waals surface area contributed by atoms with Gasteiger partial charge in [0, 0.05) is 5.92 Å². The minimum atomic E-state index is -0.0441. The van der Waals surface area contributed by atoms with Crippen LogP contribution in [-0.2, 0) is 9.53 Å². The van der Waals surface area contributed by atoms with Crippen molar-refractivity contribution in [2.75, 3.05) is 0 Å². The summed E-state index contributed by atoms with van der Waals surface area (Å²) in [4.78, 5) is 10.9. The molecule has 0 aromatic carbocycles. The van der Waals surface area contributed by atoms with Crippen molar-refractivity contribution in [3.63, 3.8) is 0 Å². The fraction of sp³-hybridized carbons (Fsp3) is 0.889. The Hall–Kier alpha value is -0.530. The zero-order valence-electron chi connectivity index (χ0n) is 7.68. The van der Waals surface area contributed by atoms with Crippen LogP contribution in [0.15, 0.2) is 0 Å². The second-order valence-electron chi connectivity index (χ2n) is 4.46. The summed E-state index contributed by atoms with van der Waals surface area (Å²) in [7, 11) is 0. The van der Waals surface area contributed by atoms with E-state index in [-0.39, 0.29) is 17.5 Å². The summed E-state index contributed by atoms with van der Waals surface area (Å²) in [6.07, 6.45) is 0.692. The van der Waals surface area contributed by atoms with E-state index < -0.39 is 0 Å². The number of rotatable bonds is 0. The second-order valence-corrected chi connectivity index (χ2v) is 4.46. The highest BCUT2D eigenvalue weighted by Crippen LogP contribution is 2.34. The highest BCUT2D eigenvalue weighted by atomic mass is 16.6. The number of ether oxygens (including phenoxy) is 1. The van der Waals surface area contributed by atoms with Crippen LogP contribution in [-0.4, -0.2) is 12.1 Å². The molecule has 64 valence electrons. The highest BCUT2D eigenvalue weighted by molar-refractivity contribution is 5.72. The van der Waals surface area contributed by atoms with Gasteiger partial charge in [-0.2, -0.15) is 0 Å². The van der Waals surface area contributed by atoms with Crippen molar-refractivity contribution in [3.05, 3.63) is 0 Å². The van der Waals surface area contributed by atoms with Crippen LogP contribution in [0.2, 0.25) is 0 Å². The van der Waals surface area contributed by atoms with Gasteiger partial charge in [-0.25, -0.2) is 0 Å². The summed E-state index contributed by atoms with van der Waals surface area (Å²) in [6, 6.07) is 0. The molecule has 0 unspecified atom stereocenters. The van der Waals surface area contributed by atoms with Gasteiger partial charge < -0.3 is 4.74 Å². The van der Waals surface area contributed by atoms with Crippen molar-refractivity contribution in [3.8, 4) is 0 Å². The normalized spacial score (nSPS) is 32.2. The predicted octanol–water partition coefficient (Wildman–Crippen LogP) is 1.98. The third-order valence-electron chi connectivity index (χ3n) is 2.12. The molecular weight excluding hydrogens is 140 g/mol. The average molecular weight is 156 g/mol. The molecule has 1 rings (SSSR count). The molecule has 0 radical (unpaired) electrons. The summed E-state index contributed by atoms with van der Waals surface area (Å²) in [5.41, 5.74) is 0.0889. The van der Waals surface area contributed by atoms with Crippen LogP contribution >= 0.6 is 0 Å². The molecule has 2 heteroatoms. The van der Waals surface area contributed by atoms with Gasteiger partial charge >= 0.3 is 5.97 Å². The standard InChI is InChI=1S/C9H16O2/c1-6-5-7(10)11-8(6)9(2,3)4/h6,8H,5H2,1-4H3/t6-,8+/m1/s1. The molecule has 1 saturated heterocycles. The first-order valence-electron chi connectivity index (χ1n) is 4.11. The molecule has 0 amide bonds. The summed E-state index contributed by atoms with van der Waals surface area (Å²) in [5.74, 6) is 0.333. The Morgan fingerprint density at radius 1 is 1.45 bits per heavy atom. The molecule has 0 aliphatic carbocycles. The average Bonchev–Trinajstić information content (AvgIpc) is 2.08. The summed E-state index contributed by atoms with van der Waals surface area (Å²) < 4.78 is 5.20. The molecule has 2 nitrogen and oxygen atoms in total. The molecule has 0 saturated carbocycles. The van der Waals surface area contributed by atoms with E-state index >= 15 is 0 Å². The first kappa shape index (κ1) is 8.57. The van der Waals surface area contributed by atoms with Gasteiger partial charge in [0.1, 0.15) is 6.10 Å². The van der Waals surface area contributed by atoms with Crippen LogP contribution in [0.3, 0.4) is 0 Å². The molecule has 0 N–H and O–H groups in total. The van der Waals surface area contributed by atoms with Crippen molar-refractivity contribution in [1.29, 1.82) is 0 Å². The maximum Gasteiger partial charge on any atom is 0.306 e. The van der Waals surface area contributed by atoms with Crippen molar-refractivity contribution in [2.45, 2.75) is 40.2 Å². The van der Waals surface area contributed by atoms with Crippen LogP contribution in [0.5, 0.6) is 0 Å². The Morgan fingerprint density at radius 3 is 2.18 bits per heavy atom. The van der Waals surface area contributed by atoms with Crippen LogP contribution in [0.4, 0.5) is 0 Å². The van der Waals surface area contributed by atoms with E-state index in [0.29, 0.717) is 12.3 Å². The smallest absolute Gasteiger partial charge is 0.306 e. The monoisotopic (exact) mass is 156 g/mol. The Bertz CT molecular complexity index is 167. The SMILES string of the molecule is C[C@@H]1CC(=O)O[C@@H]1C(C)(C)C. The van der Waals surface area contributed by atoms with Gasteiger partial charge in [-0.3, -0.25) is 4.79 Å². The molecule has 0 bridgehead atoms. The van der Waals surface area contributed by atoms with Gasteiger partial charge in [0.25, 0.3) is 0 Å². The van der Waals surface area contributed by atoms with E-state index in [1.807, 2.05) is 0 Å². The van der Waals surface area contributed by atoms with Crippen molar-refractivity contribution in [2.24, 2.45) is 11.3 Å².